The average molecular weight is 367 g/mol. The molecule has 2 amide bonds. The lowest BCUT2D eigenvalue weighted by Crippen LogP contribution is -2.34. The molecule has 0 fully saturated rings. The van der Waals surface area contributed by atoms with Crippen molar-refractivity contribution >= 4 is 38.9 Å². The quantitative estimate of drug-likeness (QED) is 0.641. The van der Waals surface area contributed by atoms with Gasteiger partial charge in [0.15, 0.2) is 0 Å². The molecule has 0 radical (unpaired) electrons. The Bertz CT molecular complexity index is 800. The number of amides is 2. The molecule has 7 nitrogen and oxygen atoms in total. The predicted octanol–water partition coefficient (Wildman–Crippen LogP) is 1.28. The highest BCUT2D eigenvalue weighted by Gasteiger charge is 2.08. The fraction of sp³-hybridized carbons (Fsp3) is 0.200. The summed E-state index contributed by atoms with van der Waals surface area (Å²) in [6, 6.07) is 9.58. The van der Waals surface area contributed by atoms with Crippen LogP contribution < -0.4 is 15.4 Å². The third kappa shape index (κ3) is 5.67. The minimum atomic E-state index is -3.34. The van der Waals surface area contributed by atoms with Crippen molar-refractivity contribution in [3.63, 3.8) is 0 Å². The number of rotatable bonds is 7. The van der Waals surface area contributed by atoms with Gasteiger partial charge in [0.1, 0.15) is 0 Å². The Morgan fingerprint density at radius 3 is 2.17 bits per heavy atom. The highest BCUT2D eigenvalue weighted by atomic mass is 32.2. The lowest BCUT2D eigenvalue weighted by Gasteiger charge is -2.08. The van der Waals surface area contributed by atoms with E-state index in [9.17, 15) is 18.0 Å². The summed E-state index contributed by atoms with van der Waals surface area (Å²) in [7, 11) is -3.34. The molecule has 1 heterocycles. The van der Waals surface area contributed by atoms with E-state index in [1.54, 1.807) is 12.1 Å². The summed E-state index contributed by atoms with van der Waals surface area (Å²) in [5.41, 5.74) is 0.788. The molecule has 0 aliphatic rings. The molecule has 0 saturated carbocycles. The number of hydrogen-bond acceptors (Lipinski definition) is 5. The summed E-state index contributed by atoms with van der Waals surface area (Å²) < 4.78 is 24.5. The first-order valence-electron chi connectivity index (χ1n) is 7.03. The van der Waals surface area contributed by atoms with Gasteiger partial charge in [-0.1, -0.05) is 6.07 Å². The third-order valence-electron chi connectivity index (χ3n) is 2.89. The molecule has 1 aromatic heterocycles. The first-order chi connectivity index (χ1) is 11.3. The van der Waals surface area contributed by atoms with Gasteiger partial charge in [-0.05, 0) is 35.7 Å². The highest BCUT2D eigenvalue weighted by Crippen LogP contribution is 2.10. The molecule has 0 saturated heterocycles. The van der Waals surface area contributed by atoms with Crippen LogP contribution in [0.15, 0.2) is 41.8 Å². The minimum Gasteiger partial charge on any atom is -0.350 e. The molecule has 2 rings (SSSR count). The number of carbonyl (C=O) groups is 2. The van der Waals surface area contributed by atoms with Gasteiger partial charge in [-0.25, -0.2) is 8.42 Å². The van der Waals surface area contributed by atoms with E-state index in [0.29, 0.717) is 29.2 Å². The SMILES string of the molecule is CS(=O)(=O)Nc1ccc(C(=O)NCCNC(=O)c2cccs2)cc1. The molecular weight excluding hydrogens is 350 g/mol. The Morgan fingerprint density at radius 2 is 1.62 bits per heavy atom. The van der Waals surface area contributed by atoms with Crippen molar-refractivity contribution in [2.24, 2.45) is 0 Å². The molecule has 0 bridgehead atoms. The van der Waals surface area contributed by atoms with Crippen LogP contribution in [0.2, 0.25) is 0 Å². The summed E-state index contributed by atoms with van der Waals surface area (Å²) in [5, 5.41) is 7.20. The van der Waals surface area contributed by atoms with Crippen molar-refractivity contribution in [2.45, 2.75) is 0 Å². The molecule has 0 spiro atoms. The van der Waals surface area contributed by atoms with Gasteiger partial charge in [-0.2, -0.15) is 0 Å². The molecule has 24 heavy (non-hydrogen) atoms. The van der Waals surface area contributed by atoms with Gasteiger partial charge < -0.3 is 10.6 Å². The third-order valence-corrected chi connectivity index (χ3v) is 4.37. The van der Waals surface area contributed by atoms with Crippen LogP contribution in [-0.4, -0.2) is 39.6 Å². The number of thiophene rings is 1. The Morgan fingerprint density at radius 1 is 1.00 bits per heavy atom. The Labute approximate surface area is 144 Å². The Balaban J connectivity index is 1.77. The van der Waals surface area contributed by atoms with Crippen LogP contribution in [0.4, 0.5) is 5.69 Å². The lowest BCUT2D eigenvalue weighted by atomic mass is 10.2. The van der Waals surface area contributed by atoms with Gasteiger partial charge in [0.05, 0.1) is 11.1 Å². The molecule has 128 valence electrons. The second kappa shape index (κ2) is 7.93. The number of carbonyl (C=O) groups excluding carboxylic acids is 2. The second-order valence-electron chi connectivity index (χ2n) is 4.94. The normalized spacial score (nSPS) is 10.9. The highest BCUT2D eigenvalue weighted by molar-refractivity contribution is 7.92. The molecular formula is C15H17N3O4S2. The molecule has 9 heteroatoms. The van der Waals surface area contributed by atoms with E-state index >= 15 is 0 Å². The molecule has 0 unspecified atom stereocenters. The van der Waals surface area contributed by atoms with Crippen LogP contribution in [0.5, 0.6) is 0 Å². The average Bonchev–Trinajstić information content (AvgIpc) is 3.04. The second-order valence-corrected chi connectivity index (χ2v) is 7.64. The van der Waals surface area contributed by atoms with E-state index in [-0.39, 0.29) is 11.8 Å². The van der Waals surface area contributed by atoms with Crippen molar-refractivity contribution in [2.75, 3.05) is 24.1 Å². The predicted molar refractivity (Wildman–Crippen MR) is 93.9 cm³/mol. The summed E-state index contributed by atoms with van der Waals surface area (Å²) in [6.07, 6.45) is 1.05. The van der Waals surface area contributed by atoms with E-state index in [1.807, 2.05) is 5.38 Å². The first-order valence-corrected chi connectivity index (χ1v) is 9.80. The van der Waals surface area contributed by atoms with Gasteiger partial charge in [-0.15, -0.1) is 11.3 Å². The summed E-state index contributed by atoms with van der Waals surface area (Å²) in [4.78, 5) is 24.3. The van der Waals surface area contributed by atoms with E-state index in [2.05, 4.69) is 15.4 Å². The standard InChI is InChI=1S/C15H17N3O4S2/c1-24(21,22)18-12-6-4-11(5-7-12)14(19)16-8-9-17-15(20)13-3-2-10-23-13/h2-7,10,18H,8-9H2,1H3,(H,16,19)(H,17,20). The van der Waals surface area contributed by atoms with Crippen LogP contribution in [0.1, 0.15) is 20.0 Å². The number of hydrogen-bond donors (Lipinski definition) is 3. The maximum Gasteiger partial charge on any atom is 0.261 e. The van der Waals surface area contributed by atoms with Crippen LogP contribution in [0.3, 0.4) is 0 Å². The molecule has 0 aliphatic heterocycles. The Kier molecular flexibility index (Phi) is 5.93. The van der Waals surface area contributed by atoms with Crippen LogP contribution in [0, 0.1) is 0 Å². The topological polar surface area (TPSA) is 104 Å². The summed E-state index contributed by atoms with van der Waals surface area (Å²) in [6.45, 7) is 0.607. The fourth-order valence-corrected chi connectivity index (χ4v) is 3.06. The van der Waals surface area contributed by atoms with Gasteiger partial charge >= 0.3 is 0 Å². The first kappa shape index (κ1) is 18.0. The molecule has 3 N–H and O–H groups in total. The van der Waals surface area contributed by atoms with Crippen molar-refractivity contribution in [1.29, 1.82) is 0 Å². The zero-order valence-corrected chi connectivity index (χ0v) is 14.5. The van der Waals surface area contributed by atoms with E-state index in [0.717, 1.165) is 6.26 Å². The van der Waals surface area contributed by atoms with Gasteiger partial charge in [0, 0.05) is 24.3 Å². The van der Waals surface area contributed by atoms with Crippen molar-refractivity contribution in [1.82, 2.24) is 10.6 Å². The minimum absolute atomic E-state index is 0.171. The molecule has 0 atom stereocenters. The maximum absolute atomic E-state index is 12.0. The number of benzene rings is 1. The largest absolute Gasteiger partial charge is 0.350 e. The Hall–Kier alpha value is -2.39. The fourth-order valence-electron chi connectivity index (χ4n) is 1.85. The van der Waals surface area contributed by atoms with Gasteiger partial charge in [0.25, 0.3) is 11.8 Å². The number of nitrogens with one attached hydrogen (secondary N) is 3. The monoisotopic (exact) mass is 367 g/mol. The van der Waals surface area contributed by atoms with Crippen LogP contribution in [-0.2, 0) is 10.0 Å². The molecule has 2 aromatic rings. The van der Waals surface area contributed by atoms with Crippen LogP contribution >= 0.6 is 11.3 Å². The molecule has 0 aliphatic carbocycles. The smallest absolute Gasteiger partial charge is 0.261 e. The zero-order chi connectivity index (χ0) is 17.6. The van der Waals surface area contributed by atoms with E-state index in [1.165, 1.54) is 35.6 Å². The van der Waals surface area contributed by atoms with Gasteiger partial charge in [0.2, 0.25) is 10.0 Å². The summed E-state index contributed by atoms with van der Waals surface area (Å²) in [5.74, 6) is -0.471. The zero-order valence-electron chi connectivity index (χ0n) is 12.9. The number of sulfonamides is 1. The van der Waals surface area contributed by atoms with Gasteiger partial charge in [-0.3, -0.25) is 14.3 Å². The lowest BCUT2D eigenvalue weighted by molar-refractivity contribution is 0.0929. The van der Waals surface area contributed by atoms with E-state index in [4.69, 9.17) is 0 Å². The van der Waals surface area contributed by atoms with Crippen molar-refractivity contribution < 1.29 is 18.0 Å². The molecule has 1 aromatic carbocycles. The van der Waals surface area contributed by atoms with Crippen molar-refractivity contribution in [3.8, 4) is 0 Å². The van der Waals surface area contributed by atoms with Crippen LogP contribution in [0.25, 0.3) is 0 Å². The van der Waals surface area contributed by atoms with E-state index < -0.39 is 10.0 Å². The summed E-state index contributed by atoms with van der Waals surface area (Å²) >= 11 is 1.35. The maximum atomic E-state index is 12.0. The number of anilines is 1. The van der Waals surface area contributed by atoms with Crippen molar-refractivity contribution in [3.05, 3.63) is 52.2 Å².